The van der Waals surface area contributed by atoms with Crippen LogP contribution in [0.15, 0.2) is 24.3 Å². The number of rotatable bonds is 3. The highest BCUT2D eigenvalue weighted by atomic mass is 19.1. The molecule has 2 N–H and O–H groups in total. The maximum absolute atomic E-state index is 12.8. The molecule has 1 amide bonds. The highest BCUT2D eigenvalue weighted by Crippen LogP contribution is 2.09. The summed E-state index contributed by atoms with van der Waals surface area (Å²) in [5.41, 5.74) is 6.35. The van der Waals surface area contributed by atoms with Crippen molar-refractivity contribution in [1.82, 2.24) is 4.90 Å². The zero-order chi connectivity index (χ0) is 13.0. The van der Waals surface area contributed by atoms with Crippen molar-refractivity contribution in [3.05, 3.63) is 35.6 Å². The fourth-order valence-electron chi connectivity index (χ4n) is 1.98. The van der Waals surface area contributed by atoms with Crippen molar-refractivity contribution >= 4 is 5.91 Å². The molecule has 1 heterocycles. The van der Waals surface area contributed by atoms with E-state index in [9.17, 15) is 9.18 Å². The van der Waals surface area contributed by atoms with Crippen molar-refractivity contribution in [3.63, 3.8) is 0 Å². The average Bonchev–Trinajstić information content (AvgIpc) is 2.41. The van der Waals surface area contributed by atoms with E-state index < -0.39 is 0 Å². The van der Waals surface area contributed by atoms with Gasteiger partial charge < -0.3 is 15.4 Å². The minimum Gasteiger partial charge on any atom is -0.373 e. The lowest BCUT2D eigenvalue weighted by Gasteiger charge is -2.32. The average molecular weight is 252 g/mol. The van der Waals surface area contributed by atoms with Gasteiger partial charge in [0.1, 0.15) is 5.82 Å². The van der Waals surface area contributed by atoms with E-state index in [-0.39, 0.29) is 24.2 Å². The monoisotopic (exact) mass is 252 g/mol. The van der Waals surface area contributed by atoms with E-state index in [1.807, 2.05) is 0 Å². The number of amides is 1. The molecule has 1 saturated heterocycles. The van der Waals surface area contributed by atoms with Crippen LogP contribution in [-0.4, -0.2) is 43.2 Å². The molecular weight excluding hydrogens is 235 g/mol. The van der Waals surface area contributed by atoms with Crippen molar-refractivity contribution < 1.29 is 13.9 Å². The molecule has 0 bridgehead atoms. The zero-order valence-corrected chi connectivity index (χ0v) is 10.1. The van der Waals surface area contributed by atoms with E-state index in [4.69, 9.17) is 10.5 Å². The van der Waals surface area contributed by atoms with E-state index in [1.165, 1.54) is 12.1 Å². The van der Waals surface area contributed by atoms with E-state index >= 15 is 0 Å². The topological polar surface area (TPSA) is 55.6 Å². The Morgan fingerprint density at radius 1 is 1.44 bits per heavy atom. The predicted octanol–water partition coefficient (Wildman–Crippen LogP) is 0.554. The summed E-state index contributed by atoms with van der Waals surface area (Å²) < 4.78 is 18.2. The molecule has 1 aromatic rings. The van der Waals surface area contributed by atoms with Gasteiger partial charge in [-0.1, -0.05) is 12.1 Å². The minimum atomic E-state index is -0.291. The molecule has 1 aliphatic rings. The van der Waals surface area contributed by atoms with Gasteiger partial charge in [-0.05, 0) is 17.7 Å². The number of morpholine rings is 1. The van der Waals surface area contributed by atoms with E-state index in [0.717, 1.165) is 5.56 Å². The summed E-state index contributed by atoms with van der Waals surface area (Å²) in [6.07, 6.45) is 0.216. The van der Waals surface area contributed by atoms with Crippen LogP contribution in [0.4, 0.5) is 4.39 Å². The number of halogens is 1. The predicted molar refractivity (Wildman–Crippen MR) is 65.5 cm³/mol. The van der Waals surface area contributed by atoms with Gasteiger partial charge >= 0.3 is 0 Å². The number of hydrogen-bond donors (Lipinski definition) is 1. The Labute approximate surface area is 106 Å². The number of carbonyl (C=O) groups is 1. The van der Waals surface area contributed by atoms with E-state index in [0.29, 0.717) is 26.2 Å². The summed E-state index contributed by atoms with van der Waals surface area (Å²) >= 11 is 0. The minimum absolute atomic E-state index is 0.0309. The van der Waals surface area contributed by atoms with Crippen LogP contribution >= 0.6 is 0 Å². The maximum atomic E-state index is 12.8. The molecule has 98 valence electrons. The lowest BCUT2D eigenvalue weighted by molar-refractivity contribution is -0.137. The SMILES string of the molecule is NCC1CN(C(=O)Cc2ccc(F)cc2)CCO1. The molecule has 1 unspecified atom stereocenters. The van der Waals surface area contributed by atoms with Crippen molar-refractivity contribution in [2.24, 2.45) is 5.73 Å². The van der Waals surface area contributed by atoms with Gasteiger partial charge in [-0.2, -0.15) is 0 Å². The summed E-state index contributed by atoms with van der Waals surface area (Å²) in [6, 6.07) is 6.00. The fourth-order valence-corrected chi connectivity index (χ4v) is 1.98. The van der Waals surface area contributed by atoms with Crippen molar-refractivity contribution in [3.8, 4) is 0 Å². The lowest BCUT2D eigenvalue weighted by Crippen LogP contribution is -2.48. The first kappa shape index (κ1) is 13.0. The van der Waals surface area contributed by atoms with Gasteiger partial charge in [-0.25, -0.2) is 4.39 Å². The van der Waals surface area contributed by atoms with Gasteiger partial charge in [0.15, 0.2) is 0 Å². The maximum Gasteiger partial charge on any atom is 0.227 e. The molecule has 1 fully saturated rings. The number of benzene rings is 1. The molecule has 1 atom stereocenters. The van der Waals surface area contributed by atoms with Crippen LogP contribution in [0.3, 0.4) is 0 Å². The first-order chi connectivity index (χ1) is 8.69. The van der Waals surface area contributed by atoms with Crippen molar-refractivity contribution in [2.75, 3.05) is 26.2 Å². The molecule has 18 heavy (non-hydrogen) atoms. The molecule has 0 aromatic heterocycles. The van der Waals surface area contributed by atoms with Gasteiger partial charge in [0.2, 0.25) is 5.91 Å². The molecule has 0 aliphatic carbocycles. The van der Waals surface area contributed by atoms with Crippen LogP contribution in [0.5, 0.6) is 0 Å². The second kappa shape index (κ2) is 5.93. The van der Waals surface area contributed by atoms with Gasteiger partial charge in [0.05, 0.1) is 19.1 Å². The number of nitrogens with zero attached hydrogens (tertiary/aromatic N) is 1. The highest BCUT2D eigenvalue weighted by Gasteiger charge is 2.23. The quantitative estimate of drug-likeness (QED) is 0.855. The van der Waals surface area contributed by atoms with E-state index in [2.05, 4.69) is 0 Å². The number of carbonyl (C=O) groups excluding carboxylic acids is 1. The Balaban J connectivity index is 1.93. The summed E-state index contributed by atoms with van der Waals surface area (Å²) in [6.45, 7) is 2.07. The van der Waals surface area contributed by atoms with Crippen LogP contribution in [0, 0.1) is 5.82 Å². The summed E-state index contributed by atoms with van der Waals surface area (Å²) in [5, 5.41) is 0. The number of hydrogen-bond acceptors (Lipinski definition) is 3. The molecule has 0 radical (unpaired) electrons. The molecule has 1 aliphatic heterocycles. The number of ether oxygens (including phenoxy) is 1. The molecule has 1 aromatic carbocycles. The standard InChI is InChI=1S/C13H17FN2O2/c14-11-3-1-10(2-4-11)7-13(17)16-5-6-18-12(8-15)9-16/h1-4,12H,5-9,15H2. The summed E-state index contributed by atoms with van der Waals surface area (Å²) in [4.78, 5) is 13.8. The first-order valence-electron chi connectivity index (χ1n) is 6.03. The molecule has 5 heteroatoms. The second-order valence-electron chi connectivity index (χ2n) is 4.37. The number of nitrogens with two attached hydrogens (primary N) is 1. The molecule has 0 spiro atoms. The first-order valence-corrected chi connectivity index (χ1v) is 6.03. The van der Waals surface area contributed by atoms with Crippen molar-refractivity contribution in [2.45, 2.75) is 12.5 Å². The largest absolute Gasteiger partial charge is 0.373 e. The third kappa shape index (κ3) is 3.27. The van der Waals surface area contributed by atoms with Crippen molar-refractivity contribution in [1.29, 1.82) is 0 Å². The smallest absolute Gasteiger partial charge is 0.227 e. The molecule has 4 nitrogen and oxygen atoms in total. The Morgan fingerprint density at radius 3 is 2.83 bits per heavy atom. The van der Waals surface area contributed by atoms with Crippen LogP contribution in [0.25, 0.3) is 0 Å². The van der Waals surface area contributed by atoms with Crippen LogP contribution < -0.4 is 5.73 Å². The van der Waals surface area contributed by atoms with E-state index in [1.54, 1.807) is 17.0 Å². The Kier molecular flexibility index (Phi) is 4.28. The third-order valence-corrected chi connectivity index (χ3v) is 3.02. The lowest BCUT2D eigenvalue weighted by atomic mass is 10.1. The van der Waals surface area contributed by atoms with Crippen LogP contribution in [0.1, 0.15) is 5.56 Å². The Bertz CT molecular complexity index is 408. The second-order valence-corrected chi connectivity index (χ2v) is 4.37. The van der Waals surface area contributed by atoms with Gasteiger partial charge in [-0.3, -0.25) is 4.79 Å². The van der Waals surface area contributed by atoms with Crippen LogP contribution in [0.2, 0.25) is 0 Å². The fraction of sp³-hybridized carbons (Fsp3) is 0.462. The molecular formula is C13H17FN2O2. The normalized spacial score (nSPS) is 19.9. The van der Waals surface area contributed by atoms with Crippen LogP contribution in [-0.2, 0) is 16.0 Å². The van der Waals surface area contributed by atoms with Gasteiger partial charge in [0, 0.05) is 19.6 Å². The zero-order valence-electron chi connectivity index (χ0n) is 10.1. The molecule has 2 rings (SSSR count). The van der Waals surface area contributed by atoms with Gasteiger partial charge in [0.25, 0.3) is 0 Å². The summed E-state index contributed by atoms with van der Waals surface area (Å²) in [5.74, 6) is -0.260. The molecule has 0 saturated carbocycles. The highest BCUT2D eigenvalue weighted by molar-refractivity contribution is 5.78. The Morgan fingerprint density at radius 2 is 2.17 bits per heavy atom. The Hall–Kier alpha value is -1.46. The third-order valence-electron chi connectivity index (χ3n) is 3.02. The van der Waals surface area contributed by atoms with Gasteiger partial charge in [-0.15, -0.1) is 0 Å². The summed E-state index contributed by atoms with van der Waals surface area (Å²) in [7, 11) is 0.